The molecular formula is C17H24N2O3. The molecular weight excluding hydrogens is 280 g/mol. The topological polar surface area (TPSA) is 62.6 Å². The molecule has 0 unspecified atom stereocenters. The fourth-order valence-corrected chi connectivity index (χ4v) is 3.14. The van der Waals surface area contributed by atoms with Gasteiger partial charge in [0.15, 0.2) is 5.76 Å². The van der Waals surface area contributed by atoms with Crippen LogP contribution in [0.2, 0.25) is 0 Å². The van der Waals surface area contributed by atoms with Gasteiger partial charge in [-0.25, -0.2) is 0 Å². The monoisotopic (exact) mass is 304 g/mol. The Hall–Kier alpha value is -1.78. The van der Waals surface area contributed by atoms with Crippen molar-refractivity contribution in [3.63, 3.8) is 0 Å². The van der Waals surface area contributed by atoms with Crippen molar-refractivity contribution in [1.29, 1.82) is 0 Å². The van der Waals surface area contributed by atoms with Gasteiger partial charge in [-0.15, -0.1) is 0 Å². The average Bonchev–Trinajstić information content (AvgIpc) is 2.89. The third-order valence-corrected chi connectivity index (χ3v) is 5.00. The van der Waals surface area contributed by atoms with Crippen molar-refractivity contribution in [3.8, 4) is 0 Å². The molecule has 3 rings (SSSR count). The van der Waals surface area contributed by atoms with Crippen LogP contribution in [0, 0.1) is 18.8 Å². The lowest BCUT2D eigenvalue weighted by atomic mass is 9.84. The summed E-state index contributed by atoms with van der Waals surface area (Å²) in [4.78, 5) is 26.1. The molecule has 120 valence electrons. The zero-order valence-corrected chi connectivity index (χ0v) is 13.1. The van der Waals surface area contributed by atoms with Crippen molar-refractivity contribution in [2.45, 2.75) is 39.0 Å². The Kier molecular flexibility index (Phi) is 4.50. The van der Waals surface area contributed by atoms with E-state index in [9.17, 15) is 9.59 Å². The number of aryl methyl sites for hydroxylation is 1. The first-order valence-electron chi connectivity index (χ1n) is 8.26. The van der Waals surface area contributed by atoms with Gasteiger partial charge in [0.25, 0.3) is 5.91 Å². The number of furan rings is 1. The molecule has 1 N–H and O–H groups in total. The smallest absolute Gasteiger partial charge is 0.289 e. The average molecular weight is 304 g/mol. The number of carbonyl (C=O) groups excluding carboxylic acids is 2. The number of nitrogens with zero attached hydrogens (tertiary/aromatic N) is 1. The lowest BCUT2D eigenvalue weighted by Crippen LogP contribution is -2.43. The standard InChI is InChI=1S/C17H24N2O3/c1-12-7-10-22-15(12)17(21)19-8-5-13(6-9-19)11-18-16(20)14-3-2-4-14/h7,10,13-14H,2-6,8-9,11H2,1H3,(H,18,20). The van der Waals surface area contributed by atoms with Crippen LogP contribution in [0.25, 0.3) is 0 Å². The summed E-state index contributed by atoms with van der Waals surface area (Å²) in [6.45, 7) is 4.11. The number of carbonyl (C=O) groups is 2. The molecule has 1 saturated heterocycles. The van der Waals surface area contributed by atoms with Crippen molar-refractivity contribution in [2.24, 2.45) is 11.8 Å². The molecule has 0 aromatic carbocycles. The fourth-order valence-electron chi connectivity index (χ4n) is 3.14. The van der Waals surface area contributed by atoms with Crippen molar-refractivity contribution >= 4 is 11.8 Å². The molecule has 1 saturated carbocycles. The summed E-state index contributed by atoms with van der Waals surface area (Å²) < 4.78 is 5.28. The van der Waals surface area contributed by atoms with Gasteiger partial charge >= 0.3 is 0 Å². The highest BCUT2D eigenvalue weighted by Gasteiger charge is 2.28. The predicted molar refractivity (Wildman–Crippen MR) is 82.4 cm³/mol. The normalized spacial score (nSPS) is 19.8. The molecule has 5 heteroatoms. The number of hydrogen-bond donors (Lipinski definition) is 1. The van der Waals surface area contributed by atoms with Gasteiger partial charge in [0.1, 0.15) is 0 Å². The van der Waals surface area contributed by atoms with Crippen LogP contribution in [0.4, 0.5) is 0 Å². The van der Waals surface area contributed by atoms with Crippen molar-refractivity contribution in [2.75, 3.05) is 19.6 Å². The quantitative estimate of drug-likeness (QED) is 0.929. The molecule has 2 amide bonds. The Bertz CT molecular complexity index is 540. The highest BCUT2D eigenvalue weighted by atomic mass is 16.3. The van der Waals surface area contributed by atoms with Gasteiger partial charge < -0.3 is 14.6 Å². The maximum absolute atomic E-state index is 12.4. The van der Waals surface area contributed by atoms with Crippen LogP contribution < -0.4 is 5.32 Å². The summed E-state index contributed by atoms with van der Waals surface area (Å²) in [5.41, 5.74) is 0.889. The van der Waals surface area contributed by atoms with Gasteiger partial charge in [0, 0.05) is 31.1 Å². The second-order valence-electron chi connectivity index (χ2n) is 6.54. The van der Waals surface area contributed by atoms with Crippen molar-refractivity contribution < 1.29 is 14.0 Å². The maximum Gasteiger partial charge on any atom is 0.289 e. The van der Waals surface area contributed by atoms with Crippen LogP contribution in [0.15, 0.2) is 16.7 Å². The largest absolute Gasteiger partial charge is 0.459 e. The van der Waals surface area contributed by atoms with Crippen LogP contribution >= 0.6 is 0 Å². The van der Waals surface area contributed by atoms with Crippen LogP contribution in [-0.2, 0) is 4.79 Å². The van der Waals surface area contributed by atoms with E-state index in [1.165, 1.54) is 6.42 Å². The van der Waals surface area contributed by atoms with E-state index < -0.39 is 0 Å². The van der Waals surface area contributed by atoms with E-state index in [-0.39, 0.29) is 17.7 Å². The molecule has 2 heterocycles. The van der Waals surface area contributed by atoms with E-state index >= 15 is 0 Å². The van der Waals surface area contributed by atoms with E-state index in [0.717, 1.165) is 50.9 Å². The number of nitrogens with one attached hydrogen (secondary N) is 1. The van der Waals surface area contributed by atoms with E-state index in [4.69, 9.17) is 4.42 Å². The van der Waals surface area contributed by atoms with Crippen LogP contribution in [0.5, 0.6) is 0 Å². The minimum atomic E-state index is -0.0144. The fraction of sp³-hybridized carbons (Fsp3) is 0.647. The number of rotatable bonds is 4. The van der Waals surface area contributed by atoms with Gasteiger partial charge in [-0.1, -0.05) is 6.42 Å². The molecule has 0 atom stereocenters. The summed E-state index contributed by atoms with van der Waals surface area (Å²) >= 11 is 0. The van der Waals surface area contributed by atoms with Gasteiger partial charge in [-0.05, 0) is 44.6 Å². The van der Waals surface area contributed by atoms with Crippen LogP contribution in [0.3, 0.4) is 0 Å². The predicted octanol–water partition coefficient (Wildman–Crippen LogP) is 2.36. The maximum atomic E-state index is 12.4. The molecule has 0 spiro atoms. The molecule has 2 fully saturated rings. The van der Waals surface area contributed by atoms with Crippen molar-refractivity contribution in [3.05, 3.63) is 23.7 Å². The summed E-state index contributed by atoms with van der Waals surface area (Å²) in [6.07, 6.45) is 6.71. The Morgan fingerprint density at radius 1 is 1.27 bits per heavy atom. The Balaban J connectivity index is 1.43. The molecule has 1 aromatic rings. The number of amides is 2. The summed E-state index contributed by atoms with van der Waals surface area (Å²) in [5, 5.41) is 3.07. The molecule has 0 radical (unpaired) electrons. The zero-order valence-electron chi connectivity index (χ0n) is 13.1. The van der Waals surface area contributed by atoms with E-state index in [1.807, 2.05) is 17.9 Å². The van der Waals surface area contributed by atoms with Gasteiger partial charge in [0.05, 0.1) is 6.26 Å². The molecule has 2 aliphatic rings. The number of hydrogen-bond acceptors (Lipinski definition) is 3. The molecule has 5 nitrogen and oxygen atoms in total. The Labute approximate surface area is 131 Å². The Morgan fingerprint density at radius 3 is 2.55 bits per heavy atom. The lowest BCUT2D eigenvalue weighted by molar-refractivity contribution is -0.127. The first-order valence-corrected chi connectivity index (χ1v) is 8.26. The minimum absolute atomic E-state index is 0.0144. The van der Waals surface area contributed by atoms with E-state index in [2.05, 4.69) is 5.32 Å². The lowest BCUT2D eigenvalue weighted by Gasteiger charge is -2.32. The summed E-state index contributed by atoms with van der Waals surface area (Å²) in [6, 6.07) is 1.82. The molecule has 1 aromatic heterocycles. The minimum Gasteiger partial charge on any atom is -0.459 e. The zero-order chi connectivity index (χ0) is 15.5. The van der Waals surface area contributed by atoms with Crippen LogP contribution in [0.1, 0.15) is 48.2 Å². The second kappa shape index (κ2) is 6.55. The first kappa shape index (κ1) is 15.1. The number of piperidine rings is 1. The highest BCUT2D eigenvalue weighted by molar-refractivity contribution is 5.92. The highest BCUT2D eigenvalue weighted by Crippen LogP contribution is 2.26. The van der Waals surface area contributed by atoms with Gasteiger partial charge in [-0.3, -0.25) is 9.59 Å². The number of likely N-dealkylation sites (tertiary alicyclic amines) is 1. The SMILES string of the molecule is Cc1ccoc1C(=O)N1CCC(CNC(=O)C2CCC2)CC1. The first-order chi connectivity index (χ1) is 10.6. The molecule has 1 aliphatic carbocycles. The van der Waals surface area contributed by atoms with Gasteiger partial charge in [0.2, 0.25) is 5.91 Å². The summed E-state index contributed by atoms with van der Waals surface area (Å²) in [5.74, 6) is 1.39. The summed E-state index contributed by atoms with van der Waals surface area (Å²) in [7, 11) is 0. The molecule has 22 heavy (non-hydrogen) atoms. The second-order valence-corrected chi connectivity index (χ2v) is 6.54. The third-order valence-electron chi connectivity index (χ3n) is 5.00. The van der Waals surface area contributed by atoms with Crippen molar-refractivity contribution in [1.82, 2.24) is 10.2 Å². The molecule has 1 aliphatic heterocycles. The van der Waals surface area contributed by atoms with Gasteiger partial charge in [-0.2, -0.15) is 0 Å². The Morgan fingerprint density at radius 2 is 2.00 bits per heavy atom. The molecule has 0 bridgehead atoms. The van der Waals surface area contributed by atoms with E-state index in [0.29, 0.717) is 11.7 Å². The van der Waals surface area contributed by atoms with E-state index in [1.54, 1.807) is 6.26 Å². The third kappa shape index (κ3) is 3.18. The van der Waals surface area contributed by atoms with Crippen LogP contribution in [-0.4, -0.2) is 36.3 Å².